The van der Waals surface area contributed by atoms with E-state index in [1.54, 1.807) is 54.6 Å². The normalized spacial score (nSPS) is 17.0. The minimum atomic E-state index is -2.01. The molecule has 0 spiro atoms. The van der Waals surface area contributed by atoms with Gasteiger partial charge in [0.25, 0.3) is 0 Å². The van der Waals surface area contributed by atoms with E-state index in [1.807, 2.05) is 0 Å². The lowest BCUT2D eigenvalue weighted by molar-refractivity contribution is 0.126. The third kappa shape index (κ3) is 2.46. The van der Waals surface area contributed by atoms with Crippen LogP contribution < -0.4 is 0 Å². The van der Waals surface area contributed by atoms with Crippen molar-refractivity contribution >= 4 is 11.6 Å². The Morgan fingerprint density at radius 3 is 2.10 bits per heavy atom. The van der Waals surface area contributed by atoms with E-state index in [2.05, 4.69) is 0 Å². The van der Waals surface area contributed by atoms with E-state index < -0.39 is 35.8 Å². The Balaban J connectivity index is 2.48. The van der Waals surface area contributed by atoms with Gasteiger partial charge in [0, 0.05) is 10.6 Å². The zero-order valence-electron chi connectivity index (χ0n) is 16.0. The summed E-state index contributed by atoms with van der Waals surface area (Å²) in [5.74, 6) is 0. The Hall–Kier alpha value is -2.09. The summed E-state index contributed by atoms with van der Waals surface area (Å²) in [5.41, 5.74) is -1.64. The highest BCUT2D eigenvalue weighted by Gasteiger charge is 2.35. The van der Waals surface area contributed by atoms with E-state index in [9.17, 15) is 5.11 Å². The van der Waals surface area contributed by atoms with Crippen molar-refractivity contribution in [1.82, 2.24) is 0 Å². The van der Waals surface area contributed by atoms with Crippen molar-refractivity contribution in [2.45, 2.75) is 5.60 Å². The number of hydrogen-bond donors (Lipinski definition) is 1. The predicted molar refractivity (Wildman–Crippen MR) is 86.4 cm³/mol. The van der Waals surface area contributed by atoms with E-state index in [-0.39, 0.29) is 16.1 Å². The third-order valence-corrected chi connectivity index (χ3v) is 3.65. The van der Waals surface area contributed by atoms with Gasteiger partial charge in [-0.3, -0.25) is 0 Å². The topological polar surface area (TPSA) is 20.2 Å². The van der Waals surface area contributed by atoms with E-state index in [0.29, 0.717) is 5.56 Å². The van der Waals surface area contributed by atoms with Crippen LogP contribution in [0.3, 0.4) is 0 Å². The first kappa shape index (κ1) is 9.04. The van der Waals surface area contributed by atoms with Gasteiger partial charge in [0.2, 0.25) is 0 Å². The van der Waals surface area contributed by atoms with Crippen molar-refractivity contribution in [1.29, 1.82) is 0 Å². The summed E-state index contributed by atoms with van der Waals surface area (Å²) < 4.78 is 40.2. The summed E-state index contributed by atoms with van der Waals surface area (Å²) in [6, 6.07) is 12.5. The summed E-state index contributed by atoms with van der Waals surface area (Å²) in [6.07, 6.45) is 0. The van der Waals surface area contributed by atoms with Crippen LogP contribution in [0.25, 0.3) is 0 Å². The van der Waals surface area contributed by atoms with E-state index >= 15 is 0 Å². The second kappa shape index (κ2) is 5.72. The molecule has 0 saturated carbocycles. The quantitative estimate of drug-likeness (QED) is 0.699. The Labute approximate surface area is 136 Å². The molecule has 0 aromatic heterocycles. The predicted octanol–water partition coefficient (Wildman–Crippen LogP) is 4.62. The Kier molecular flexibility index (Phi) is 2.46. The molecule has 0 bridgehead atoms. The molecule has 21 heavy (non-hydrogen) atoms. The number of rotatable bonds is 3. The van der Waals surface area contributed by atoms with Crippen LogP contribution in [0.1, 0.15) is 23.5 Å². The second-order valence-corrected chi connectivity index (χ2v) is 4.96. The fourth-order valence-corrected chi connectivity index (χ4v) is 2.57. The molecular formula is C19H15ClO. The van der Waals surface area contributed by atoms with Crippen LogP contribution in [-0.2, 0) is 5.60 Å². The summed E-state index contributed by atoms with van der Waals surface area (Å²) >= 11 is 6.31. The molecule has 0 heterocycles. The largest absolute Gasteiger partial charge is 0.376 e. The molecule has 1 atom stereocenters. The average Bonchev–Trinajstić information content (AvgIpc) is 2.66. The van der Waals surface area contributed by atoms with Crippen LogP contribution in [0.15, 0.2) is 84.8 Å². The molecule has 0 aliphatic rings. The minimum Gasteiger partial charge on any atom is -0.376 e. The van der Waals surface area contributed by atoms with Crippen LogP contribution >= 0.6 is 11.6 Å². The van der Waals surface area contributed by atoms with Crippen LogP contribution in [0.2, 0.25) is 5.02 Å². The number of aliphatic hydroxyl groups is 1. The van der Waals surface area contributed by atoms with Crippen molar-refractivity contribution in [3.63, 3.8) is 0 Å². The Morgan fingerprint density at radius 1 is 0.810 bits per heavy atom. The molecular weight excluding hydrogens is 280 g/mol. The van der Waals surface area contributed by atoms with Gasteiger partial charge in [0.05, 0.1) is 6.85 Å². The fourth-order valence-electron chi connectivity index (χ4n) is 2.30. The molecule has 0 saturated heterocycles. The van der Waals surface area contributed by atoms with Crippen molar-refractivity contribution in [2.24, 2.45) is 0 Å². The molecule has 0 radical (unpaired) electrons. The van der Waals surface area contributed by atoms with Gasteiger partial charge in [-0.05, 0) is 17.2 Å². The van der Waals surface area contributed by atoms with Gasteiger partial charge in [-0.25, -0.2) is 0 Å². The van der Waals surface area contributed by atoms with Crippen LogP contribution in [0.4, 0.5) is 0 Å². The first-order valence-corrected chi connectivity index (χ1v) is 6.78. The van der Waals surface area contributed by atoms with Gasteiger partial charge in [-0.2, -0.15) is 0 Å². The van der Waals surface area contributed by atoms with Crippen molar-refractivity contribution in [2.75, 3.05) is 0 Å². The molecule has 0 aliphatic carbocycles. The molecule has 1 N–H and O–H groups in total. The molecule has 2 heteroatoms. The van der Waals surface area contributed by atoms with E-state index in [1.165, 1.54) is 0 Å². The number of halogens is 1. The molecule has 0 fully saturated rings. The molecule has 1 nitrogen and oxygen atoms in total. The first-order chi connectivity index (χ1) is 12.3. The van der Waals surface area contributed by atoms with Crippen LogP contribution in [-0.4, -0.2) is 5.11 Å². The monoisotopic (exact) mass is 299 g/mol. The first-order valence-electron chi connectivity index (χ1n) is 8.90. The van der Waals surface area contributed by atoms with Gasteiger partial charge in [-0.15, -0.1) is 0 Å². The Bertz CT molecular complexity index is 948. The van der Waals surface area contributed by atoms with Crippen molar-refractivity contribution in [3.8, 4) is 0 Å². The van der Waals surface area contributed by atoms with Crippen molar-refractivity contribution < 1.29 is 12.0 Å². The van der Waals surface area contributed by atoms with E-state index in [0.717, 1.165) is 0 Å². The van der Waals surface area contributed by atoms with Gasteiger partial charge in [0.15, 0.2) is 0 Å². The standard InChI is InChI=1S/C19H15ClO/c20-18-14-8-7-13-17(18)19(21,15-9-3-1-4-10-15)16-11-5-2-6-12-16/h1-14,21H/i1D,3D,4D,9D,10D. The summed E-state index contributed by atoms with van der Waals surface area (Å²) in [5, 5.41) is 12.0. The van der Waals surface area contributed by atoms with Crippen molar-refractivity contribution in [3.05, 3.63) is 107 Å². The smallest absolute Gasteiger partial charge is 0.141 e. The average molecular weight is 300 g/mol. The van der Waals surface area contributed by atoms with Gasteiger partial charge in [-0.1, -0.05) is 90.3 Å². The van der Waals surface area contributed by atoms with Crippen LogP contribution in [0, 0.1) is 0 Å². The lowest BCUT2D eigenvalue weighted by atomic mass is 9.80. The second-order valence-electron chi connectivity index (χ2n) is 4.56. The molecule has 3 aromatic rings. The maximum atomic E-state index is 11.8. The highest BCUT2D eigenvalue weighted by atomic mass is 35.5. The molecule has 1 unspecified atom stereocenters. The summed E-state index contributed by atoms with van der Waals surface area (Å²) in [6.45, 7) is 0. The highest BCUT2D eigenvalue weighted by Crippen LogP contribution is 2.39. The molecule has 3 rings (SSSR count). The molecule has 3 aromatic carbocycles. The third-order valence-electron chi connectivity index (χ3n) is 3.32. The number of hydrogen-bond acceptors (Lipinski definition) is 1. The minimum absolute atomic E-state index is 0.227. The lowest BCUT2D eigenvalue weighted by Gasteiger charge is -2.30. The number of benzene rings is 3. The maximum Gasteiger partial charge on any atom is 0.141 e. The van der Waals surface area contributed by atoms with E-state index in [4.69, 9.17) is 18.5 Å². The fraction of sp³-hybridized carbons (Fsp3) is 0.0526. The van der Waals surface area contributed by atoms with Crippen LogP contribution in [0.5, 0.6) is 0 Å². The molecule has 0 amide bonds. The zero-order valence-corrected chi connectivity index (χ0v) is 11.8. The van der Waals surface area contributed by atoms with Gasteiger partial charge < -0.3 is 5.11 Å². The lowest BCUT2D eigenvalue weighted by Crippen LogP contribution is -2.29. The molecule has 104 valence electrons. The summed E-state index contributed by atoms with van der Waals surface area (Å²) in [4.78, 5) is 0. The van der Waals surface area contributed by atoms with Gasteiger partial charge >= 0.3 is 0 Å². The molecule has 0 aliphatic heterocycles. The zero-order chi connectivity index (χ0) is 19.1. The Morgan fingerprint density at radius 2 is 1.43 bits per heavy atom. The SMILES string of the molecule is [2H]c1c([2H])c([2H])c(C(O)(c2ccccc2)c2ccccc2Cl)c([2H])c1[2H]. The summed E-state index contributed by atoms with van der Waals surface area (Å²) in [7, 11) is 0. The maximum absolute atomic E-state index is 11.8. The van der Waals surface area contributed by atoms with Gasteiger partial charge in [0.1, 0.15) is 5.60 Å². The highest BCUT2D eigenvalue weighted by molar-refractivity contribution is 6.31.